The maximum absolute atomic E-state index is 12.8. The second kappa shape index (κ2) is 10.4. The van der Waals surface area contributed by atoms with Crippen molar-refractivity contribution in [1.82, 2.24) is 14.9 Å². The number of hydrogen-bond donors (Lipinski definition) is 2. The molecule has 11 heteroatoms. The fourth-order valence-electron chi connectivity index (χ4n) is 3.40. The predicted molar refractivity (Wildman–Crippen MR) is 121 cm³/mol. The summed E-state index contributed by atoms with van der Waals surface area (Å²) in [5.41, 5.74) is 0.871. The molecule has 1 aliphatic rings. The zero-order valence-corrected chi connectivity index (χ0v) is 18.4. The van der Waals surface area contributed by atoms with E-state index in [1.165, 1.54) is 12.4 Å². The highest BCUT2D eigenvalue weighted by molar-refractivity contribution is 6.30. The molecule has 4 rings (SSSR count). The van der Waals surface area contributed by atoms with Crippen LogP contribution in [0.1, 0.15) is 29.8 Å². The lowest BCUT2D eigenvalue weighted by molar-refractivity contribution is -0.135. The Balaban J connectivity index is 1.42. The van der Waals surface area contributed by atoms with Crippen LogP contribution < -0.4 is 10.6 Å². The summed E-state index contributed by atoms with van der Waals surface area (Å²) in [6.45, 7) is 2.20. The molecule has 2 N–H and O–H groups in total. The van der Waals surface area contributed by atoms with E-state index in [-0.39, 0.29) is 41.9 Å². The number of hydrogen-bond acceptors (Lipinski definition) is 7. The van der Waals surface area contributed by atoms with Gasteiger partial charge in [-0.2, -0.15) is 0 Å². The molecule has 3 aromatic rings. The first-order valence-electron chi connectivity index (χ1n) is 10.5. The van der Waals surface area contributed by atoms with Crippen LogP contribution in [0.5, 0.6) is 0 Å². The number of halogens is 1. The standard InChI is InChI=1S/C22H22ClN5O5/c23-14-6-7-16(25-13-14)26-22(31)21-20(19-15(33-21)3-2-8-24-19)27-17(29)4-1-5-18(30)28-9-11-32-12-10-28/h2-3,6-8,13H,1,4-5,9-12H2,(H,27,29)(H,25,26,31). The van der Waals surface area contributed by atoms with Crippen LogP contribution in [-0.2, 0) is 14.3 Å². The molecule has 1 fully saturated rings. The van der Waals surface area contributed by atoms with E-state index in [0.29, 0.717) is 48.8 Å². The average Bonchev–Trinajstić information content (AvgIpc) is 3.19. The van der Waals surface area contributed by atoms with Gasteiger partial charge in [-0.15, -0.1) is 0 Å². The van der Waals surface area contributed by atoms with Crippen LogP contribution in [0.25, 0.3) is 11.1 Å². The van der Waals surface area contributed by atoms with Crippen LogP contribution in [-0.4, -0.2) is 58.9 Å². The SMILES string of the molecule is O=C(CCCC(=O)N1CCOCC1)Nc1c(C(=O)Nc2ccc(Cl)cn2)oc2cccnc12. The molecule has 1 aliphatic heterocycles. The number of nitrogens with one attached hydrogen (secondary N) is 2. The summed E-state index contributed by atoms with van der Waals surface area (Å²) in [6, 6.07) is 6.45. The molecule has 0 spiro atoms. The Morgan fingerprint density at radius 3 is 2.64 bits per heavy atom. The monoisotopic (exact) mass is 471 g/mol. The van der Waals surface area contributed by atoms with Gasteiger partial charge in [-0.1, -0.05) is 11.6 Å². The lowest BCUT2D eigenvalue weighted by Gasteiger charge is -2.26. The number of aromatic nitrogens is 2. The van der Waals surface area contributed by atoms with Crippen LogP contribution in [0.15, 0.2) is 41.1 Å². The van der Waals surface area contributed by atoms with Crippen molar-refractivity contribution in [2.75, 3.05) is 36.9 Å². The van der Waals surface area contributed by atoms with Crippen molar-refractivity contribution < 1.29 is 23.5 Å². The topological polar surface area (TPSA) is 127 Å². The van der Waals surface area contributed by atoms with Gasteiger partial charge in [-0.3, -0.25) is 19.4 Å². The van der Waals surface area contributed by atoms with Crippen LogP contribution >= 0.6 is 11.6 Å². The molecule has 10 nitrogen and oxygen atoms in total. The van der Waals surface area contributed by atoms with E-state index in [4.69, 9.17) is 20.8 Å². The molecule has 0 bridgehead atoms. The van der Waals surface area contributed by atoms with Crippen molar-refractivity contribution in [2.24, 2.45) is 0 Å². The van der Waals surface area contributed by atoms with Gasteiger partial charge in [-0.25, -0.2) is 4.98 Å². The van der Waals surface area contributed by atoms with Gasteiger partial charge in [0, 0.05) is 38.3 Å². The molecule has 0 unspecified atom stereocenters. The quantitative estimate of drug-likeness (QED) is 0.542. The number of pyridine rings is 2. The fourth-order valence-corrected chi connectivity index (χ4v) is 3.51. The van der Waals surface area contributed by atoms with Gasteiger partial charge in [0.15, 0.2) is 5.58 Å². The van der Waals surface area contributed by atoms with Crippen molar-refractivity contribution in [3.05, 3.63) is 47.4 Å². The van der Waals surface area contributed by atoms with Gasteiger partial charge >= 0.3 is 0 Å². The molecule has 3 aromatic heterocycles. The van der Waals surface area contributed by atoms with Gasteiger partial charge < -0.3 is 24.7 Å². The number of anilines is 2. The molecule has 3 amide bonds. The minimum atomic E-state index is -0.597. The maximum Gasteiger partial charge on any atom is 0.294 e. The zero-order valence-electron chi connectivity index (χ0n) is 17.7. The van der Waals surface area contributed by atoms with E-state index in [1.54, 1.807) is 29.2 Å². The fraction of sp³-hybridized carbons (Fsp3) is 0.318. The molecule has 0 radical (unpaired) electrons. The zero-order chi connectivity index (χ0) is 23.2. The van der Waals surface area contributed by atoms with Crippen molar-refractivity contribution >= 4 is 51.9 Å². The first kappa shape index (κ1) is 22.7. The Morgan fingerprint density at radius 2 is 1.88 bits per heavy atom. The number of ether oxygens (including phenoxy) is 1. The van der Waals surface area contributed by atoms with E-state index in [0.717, 1.165) is 0 Å². The second-order valence-electron chi connectivity index (χ2n) is 7.37. The summed E-state index contributed by atoms with van der Waals surface area (Å²) in [6.07, 6.45) is 3.68. The number of fused-ring (bicyclic) bond motifs is 1. The van der Waals surface area contributed by atoms with Crippen LogP contribution in [0.2, 0.25) is 5.02 Å². The molecule has 0 saturated carbocycles. The molecule has 1 saturated heterocycles. The lowest BCUT2D eigenvalue weighted by atomic mass is 10.2. The molecular formula is C22H22ClN5O5. The average molecular weight is 472 g/mol. The van der Waals surface area contributed by atoms with Crippen LogP contribution in [0, 0.1) is 0 Å². The molecule has 4 heterocycles. The summed E-state index contributed by atoms with van der Waals surface area (Å²) in [7, 11) is 0. The highest BCUT2D eigenvalue weighted by Crippen LogP contribution is 2.30. The van der Waals surface area contributed by atoms with Gasteiger partial charge in [0.25, 0.3) is 5.91 Å². The Kier molecular flexibility index (Phi) is 7.16. The normalized spacial score (nSPS) is 13.7. The number of nitrogens with zero attached hydrogens (tertiary/aromatic N) is 3. The van der Waals surface area contributed by atoms with Gasteiger partial charge in [0.05, 0.1) is 18.2 Å². The van der Waals surface area contributed by atoms with Crippen molar-refractivity contribution in [3.63, 3.8) is 0 Å². The highest BCUT2D eigenvalue weighted by Gasteiger charge is 2.24. The molecule has 0 aromatic carbocycles. The van der Waals surface area contributed by atoms with Crippen LogP contribution in [0.3, 0.4) is 0 Å². The number of rotatable bonds is 7. The van der Waals surface area contributed by atoms with Crippen molar-refractivity contribution in [1.29, 1.82) is 0 Å². The molecule has 0 aliphatic carbocycles. The summed E-state index contributed by atoms with van der Waals surface area (Å²) in [5.74, 6) is -0.774. The Labute approximate surface area is 194 Å². The number of amides is 3. The predicted octanol–water partition coefficient (Wildman–Crippen LogP) is 3.10. The summed E-state index contributed by atoms with van der Waals surface area (Å²) >= 11 is 5.83. The molecule has 33 heavy (non-hydrogen) atoms. The molecular weight excluding hydrogens is 450 g/mol. The number of carbonyl (C=O) groups is 3. The Morgan fingerprint density at radius 1 is 1.06 bits per heavy atom. The summed E-state index contributed by atoms with van der Waals surface area (Å²) < 4.78 is 10.9. The first-order valence-corrected chi connectivity index (χ1v) is 10.8. The maximum atomic E-state index is 12.8. The third-order valence-corrected chi connectivity index (χ3v) is 5.27. The van der Waals surface area contributed by atoms with Crippen LogP contribution in [0.4, 0.5) is 11.5 Å². The van der Waals surface area contributed by atoms with E-state index in [9.17, 15) is 14.4 Å². The smallest absolute Gasteiger partial charge is 0.294 e. The van der Waals surface area contributed by atoms with E-state index >= 15 is 0 Å². The Hall–Kier alpha value is -3.50. The lowest BCUT2D eigenvalue weighted by Crippen LogP contribution is -2.40. The minimum absolute atomic E-state index is 0.00272. The first-order chi connectivity index (χ1) is 16.0. The largest absolute Gasteiger partial charge is 0.447 e. The van der Waals surface area contributed by atoms with Gasteiger partial charge in [-0.05, 0) is 30.7 Å². The third kappa shape index (κ3) is 5.65. The van der Waals surface area contributed by atoms with Crippen molar-refractivity contribution in [3.8, 4) is 0 Å². The van der Waals surface area contributed by atoms with E-state index in [2.05, 4.69) is 20.6 Å². The van der Waals surface area contributed by atoms with Gasteiger partial charge in [0.1, 0.15) is 17.0 Å². The van der Waals surface area contributed by atoms with E-state index in [1.807, 2.05) is 0 Å². The highest BCUT2D eigenvalue weighted by atomic mass is 35.5. The minimum Gasteiger partial charge on any atom is -0.447 e. The number of furan rings is 1. The van der Waals surface area contributed by atoms with Gasteiger partial charge in [0.2, 0.25) is 17.6 Å². The summed E-state index contributed by atoms with van der Waals surface area (Å²) in [5, 5.41) is 5.76. The molecule has 0 atom stereocenters. The molecule has 172 valence electrons. The number of carbonyl (C=O) groups excluding carboxylic acids is 3. The Bertz CT molecular complexity index is 1160. The van der Waals surface area contributed by atoms with Crippen molar-refractivity contribution in [2.45, 2.75) is 19.3 Å². The second-order valence-corrected chi connectivity index (χ2v) is 7.80. The number of morpholine rings is 1. The summed E-state index contributed by atoms with van der Waals surface area (Å²) in [4.78, 5) is 47.7. The van der Waals surface area contributed by atoms with E-state index < -0.39 is 5.91 Å². The third-order valence-electron chi connectivity index (χ3n) is 5.04.